The average molecular weight is 443 g/mol. The smallest absolute Gasteiger partial charge is 0.276 e. The summed E-state index contributed by atoms with van der Waals surface area (Å²) >= 11 is 0. The van der Waals surface area contributed by atoms with Crippen molar-refractivity contribution < 1.29 is 4.79 Å². The summed E-state index contributed by atoms with van der Waals surface area (Å²) < 4.78 is 1.58. The summed E-state index contributed by atoms with van der Waals surface area (Å²) in [6, 6.07) is 15.9. The first-order valence-corrected chi connectivity index (χ1v) is 11.1. The third kappa shape index (κ3) is 4.78. The first-order valence-electron chi connectivity index (χ1n) is 11.1. The van der Waals surface area contributed by atoms with Gasteiger partial charge in [-0.25, -0.2) is 9.50 Å². The number of carbonyl (C=O) groups is 1. The van der Waals surface area contributed by atoms with Gasteiger partial charge in [-0.1, -0.05) is 18.2 Å². The van der Waals surface area contributed by atoms with Gasteiger partial charge in [0.15, 0.2) is 11.3 Å². The van der Waals surface area contributed by atoms with E-state index in [1.807, 2.05) is 36.4 Å². The van der Waals surface area contributed by atoms with Crippen molar-refractivity contribution in [3.63, 3.8) is 0 Å². The second kappa shape index (κ2) is 9.25. The Kier molecular flexibility index (Phi) is 5.86. The Labute approximate surface area is 191 Å². The summed E-state index contributed by atoms with van der Waals surface area (Å²) in [5.74, 6) is 0.365. The summed E-state index contributed by atoms with van der Waals surface area (Å²) in [4.78, 5) is 21.5. The van der Waals surface area contributed by atoms with Gasteiger partial charge in [-0.05, 0) is 49.9 Å². The number of aromatic nitrogens is 4. The Balaban J connectivity index is 1.49. The standard InChI is InChI=1S/C24H26N8O/c25-16-8-10-18(11-9-16)29-22-13-20(28-17-5-2-1-3-6-17)23-27-15-21(32(23)31-22)24(33)30-19-7-4-12-26-14-19/h1-7,12-16,18,28H,8-11,25H2,(H,29,31)(H,30,33)/t16-,18-. The van der Waals surface area contributed by atoms with E-state index in [9.17, 15) is 4.79 Å². The summed E-state index contributed by atoms with van der Waals surface area (Å²) in [6.07, 6.45) is 8.73. The Hall–Kier alpha value is -3.98. The van der Waals surface area contributed by atoms with Gasteiger partial charge in [-0.15, -0.1) is 5.10 Å². The van der Waals surface area contributed by atoms with Crippen LogP contribution in [0.2, 0.25) is 0 Å². The van der Waals surface area contributed by atoms with Gasteiger partial charge >= 0.3 is 0 Å². The number of hydrogen-bond donors (Lipinski definition) is 4. The zero-order chi connectivity index (χ0) is 22.6. The molecule has 1 aliphatic carbocycles. The van der Waals surface area contributed by atoms with Crippen LogP contribution in [0.4, 0.5) is 22.9 Å². The fourth-order valence-corrected chi connectivity index (χ4v) is 4.07. The van der Waals surface area contributed by atoms with Gasteiger partial charge in [-0.2, -0.15) is 0 Å². The number of nitrogens with zero attached hydrogens (tertiary/aromatic N) is 4. The molecule has 0 aliphatic heterocycles. The first kappa shape index (κ1) is 20.9. The molecule has 0 radical (unpaired) electrons. The minimum atomic E-state index is -0.311. The molecule has 0 bridgehead atoms. The summed E-state index contributed by atoms with van der Waals surface area (Å²) in [7, 11) is 0. The highest BCUT2D eigenvalue weighted by molar-refractivity contribution is 6.03. The van der Waals surface area contributed by atoms with Crippen molar-refractivity contribution >= 4 is 34.4 Å². The molecule has 1 aliphatic rings. The predicted molar refractivity (Wildman–Crippen MR) is 129 cm³/mol. The van der Waals surface area contributed by atoms with E-state index in [2.05, 4.69) is 25.9 Å². The van der Waals surface area contributed by atoms with Gasteiger partial charge in [0.1, 0.15) is 5.82 Å². The van der Waals surface area contributed by atoms with E-state index in [-0.39, 0.29) is 18.0 Å². The number of rotatable bonds is 6. The van der Waals surface area contributed by atoms with Gasteiger partial charge in [0.25, 0.3) is 5.91 Å². The van der Waals surface area contributed by atoms with E-state index in [0.29, 0.717) is 22.8 Å². The molecule has 5 N–H and O–H groups in total. The van der Waals surface area contributed by atoms with E-state index in [0.717, 1.165) is 37.1 Å². The van der Waals surface area contributed by atoms with Crippen molar-refractivity contribution in [2.24, 2.45) is 5.73 Å². The zero-order valence-corrected chi connectivity index (χ0v) is 18.1. The van der Waals surface area contributed by atoms with Crippen LogP contribution in [0.1, 0.15) is 36.2 Å². The van der Waals surface area contributed by atoms with Gasteiger partial charge in [0.05, 0.1) is 23.8 Å². The molecule has 1 amide bonds. The van der Waals surface area contributed by atoms with Gasteiger partial charge in [-0.3, -0.25) is 9.78 Å². The number of pyridine rings is 1. The number of nitrogens with one attached hydrogen (secondary N) is 3. The lowest BCUT2D eigenvalue weighted by atomic mass is 9.92. The second-order valence-electron chi connectivity index (χ2n) is 8.26. The number of hydrogen-bond acceptors (Lipinski definition) is 7. The SMILES string of the molecule is N[C@H]1CC[C@H](Nc2cc(Nc3ccccc3)c3ncc(C(=O)Nc4cccnc4)n3n2)CC1. The lowest BCUT2D eigenvalue weighted by molar-refractivity contribution is 0.102. The highest BCUT2D eigenvalue weighted by atomic mass is 16.2. The molecule has 1 fully saturated rings. The molecule has 0 unspecified atom stereocenters. The van der Waals surface area contributed by atoms with Crippen molar-refractivity contribution in [3.05, 3.63) is 72.8 Å². The molecule has 0 atom stereocenters. The molecule has 168 valence electrons. The van der Waals surface area contributed by atoms with Crippen LogP contribution in [-0.4, -0.2) is 37.6 Å². The molecule has 9 heteroatoms. The average Bonchev–Trinajstić information content (AvgIpc) is 3.26. The monoisotopic (exact) mass is 442 g/mol. The van der Waals surface area contributed by atoms with Gasteiger partial charge < -0.3 is 21.7 Å². The Morgan fingerprint density at radius 2 is 1.79 bits per heavy atom. The minimum absolute atomic E-state index is 0.269. The van der Waals surface area contributed by atoms with Crippen LogP contribution in [0, 0.1) is 0 Å². The van der Waals surface area contributed by atoms with Crippen molar-refractivity contribution in [3.8, 4) is 0 Å². The quantitative estimate of drug-likeness (QED) is 0.358. The third-order valence-corrected chi connectivity index (χ3v) is 5.80. The number of carbonyl (C=O) groups excluding carboxylic acids is 1. The van der Waals surface area contributed by atoms with Crippen LogP contribution >= 0.6 is 0 Å². The van der Waals surface area contributed by atoms with Crippen LogP contribution in [0.5, 0.6) is 0 Å². The first-order chi connectivity index (χ1) is 16.2. The number of amides is 1. The fraction of sp³-hybridized carbons (Fsp3) is 0.250. The molecular weight excluding hydrogens is 416 g/mol. The van der Waals surface area contributed by atoms with Crippen molar-refractivity contribution in [2.45, 2.75) is 37.8 Å². The van der Waals surface area contributed by atoms with E-state index in [4.69, 9.17) is 10.8 Å². The minimum Gasteiger partial charge on any atom is -0.366 e. The summed E-state index contributed by atoms with van der Waals surface area (Å²) in [5, 5.41) is 14.5. The molecule has 4 aromatic rings. The summed E-state index contributed by atoms with van der Waals surface area (Å²) in [6.45, 7) is 0. The van der Waals surface area contributed by atoms with Crippen molar-refractivity contribution in [1.82, 2.24) is 19.6 Å². The Bertz CT molecular complexity index is 1230. The molecule has 0 spiro atoms. The van der Waals surface area contributed by atoms with Crippen molar-refractivity contribution in [2.75, 3.05) is 16.0 Å². The van der Waals surface area contributed by atoms with E-state index >= 15 is 0 Å². The van der Waals surface area contributed by atoms with Crippen LogP contribution < -0.4 is 21.7 Å². The van der Waals surface area contributed by atoms with Crippen LogP contribution in [0.15, 0.2) is 67.1 Å². The fourth-order valence-electron chi connectivity index (χ4n) is 4.07. The number of para-hydroxylation sites is 1. The van der Waals surface area contributed by atoms with E-state index < -0.39 is 0 Å². The molecule has 9 nitrogen and oxygen atoms in total. The zero-order valence-electron chi connectivity index (χ0n) is 18.1. The maximum Gasteiger partial charge on any atom is 0.276 e. The van der Waals surface area contributed by atoms with Crippen LogP contribution in [-0.2, 0) is 0 Å². The number of benzene rings is 1. The highest BCUT2D eigenvalue weighted by Crippen LogP contribution is 2.27. The number of imidazole rings is 1. The van der Waals surface area contributed by atoms with Gasteiger partial charge in [0.2, 0.25) is 0 Å². The molecule has 33 heavy (non-hydrogen) atoms. The van der Waals surface area contributed by atoms with Crippen molar-refractivity contribution in [1.29, 1.82) is 0 Å². The normalized spacial score (nSPS) is 18.1. The van der Waals surface area contributed by atoms with E-state index in [1.165, 1.54) is 6.20 Å². The Morgan fingerprint density at radius 3 is 2.55 bits per heavy atom. The number of fused-ring (bicyclic) bond motifs is 1. The molecule has 3 aromatic heterocycles. The molecule has 1 saturated carbocycles. The van der Waals surface area contributed by atoms with E-state index in [1.54, 1.807) is 29.0 Å². The maximum absolute atomic E-state index is 13.0. The third-order valence-electron chi connectivity index (χ3n) is 5.80. The lowest BCUT2D eigenvalue weighted by Gasteiger charge is -2.27. The lowest BCUT2D eigenvalue weighted by Crippen LogP contribution is -2.33. The Morgan fingerprint density at radius 1 is 1.00 bits per heavy atom. The number of nitrogens with two attached hydrogens (primary N) is 1. The summed E-state index contributed by atoms with van der Waals surface area (Å²) in [5.41, 5.74) is 9.24. The number of anilines is 4. The molecule has 5 rings (SSSR count). The highest BCUT2D eigenvalue weighted by Gasteiger charge is 2.21. The van der Waals surface area contributed by atoms with Gasteiger partial charge in [0, 0.05) is 30.0 Å². The predicted octanol–water partition coefficient (Wildman–Crippen LogP) is 3.80. The van der Waals surface area contributed by atoms with Crippen LogP contribution in [0.3, 0.4) is 0 Å². The molecule has 0 saturated heterocycles. The molecule has 1 aromatic carbocycles. The topological polar surface area (TPSA) is 122 Å². The van der Waals surface area contributed by atoms with Crippen LogP contribution in [0.25, 0.3) is 5.65 Å². The molecule has 3 heterocycles. The maximum atomic E-state index is 13.0. The largest absolute Gasteiger partial charge is 0.366 e. The molecular formula is C24H26N8O. The second-order valence-corrected chi connectivity index (χ2v) is 8.26.